The highest BCUT2D eigenvalue weighted by atomic mass is 79.9. The Morgan fingerprint density at radius 2 is 1.89 bits per heavy atom. The number of hydrogen-bond acceptors (Lipinski definition) is 3. The average molecular weight is 404 g/mol. The standard InChI is InChI=1S/C14H16Br2N2S/c15-10-5-3-6-11(16)13(10)18-14-17-12-7-2-1-4-9(12)8-19-14/h3,5-6,9,12H,1-2,4,7-8H2,(H,17,18). The number of hydrogen-bond donors (Lipinski definition) is 1. The Kier molecular flexibility index (Phi) is 4.54. The van der Waals surface area contributed by atoms with Crippen molar-refractivity contribution in [1.29, 1.82) is 0 Å². The molecule has 19 heavy (non-hydrogen) atoms. The zero-order valence-corrected chi connectivity index (χ0v) is 14.5. The smallest absolute Gasteiger partial charge is 0.161 e. The zero-order valence-electron chi connectivity index (χ0n) is 10.5. The van der Waals surface area contributed by atoms with Crippen molar-refractivity contribution in [2.45, 2.75) is 31.7 Å². The van der Waals surface area contributed by atoms with Crippen LogP contribution in [-0.4, -0.2) is 17.0 Å². The first-order valence-corrected chi connectivity index (χ1v) is 9.23. The van der Waals surface area contributed by atoms with Gasteiger partial charge in [0.15, 0.2) is 5.17 Å². The van der Waals surface area contributed by atoms with E-state index in [0.29, 0.717) is 6.04 Å². The topological polar surface area (TPSA) is 24.4 Å². The summed E-state index contributed by atoms with van der Waals surface area (Å²) in [6.07, 6.45) is 5.33. The van der Waals surface area contributed by atoms with Gasteiger partial charge in [-0.1, -0.05) is 30.7 Å². The average Bonchev–Trinajstić information content (AvgIpc) is 2.43. The Hall–Kier alpha value is -0.000000000000000111. The summed E-state index contributed by atoms with van der Waals surface area (Å²) >= 11 is 9.03. The van der Waals surface area contributed by atoms with Gasteiger partial charge in [-0.2, -0.15) is 0 Å². The number of amidine groups is 1. The SMILES string of the molecule is Brc1cccc(Br)c1NC1=NC2CCCCC2CS1. The lowest BCUT2D eigenvalue weighted by molar-refractivity contribution is 0.336. The fraction of sp³-hybridized carbons (Fsp3) is 0.500. The molecule has 0 amide bonds. The van der Waals surface area contributed by atoms with E-state index in [1.165, 1.54) is 31.4 Å². The van der Waals surface area contributed by atoms with E-state index < -0.39 is 0 Å². The molecule has 102 valence electrons. The van der Waals surface area contributed by atoms with Crippen molar-refractivity contribution in [3.63, 3.8) is 0 Å². The van der Waals surface area contributed by atoms with Crippen LogP contribution in [0.25, 0.3) is 0 Å². The number of halogens is 2. The molecular formula is C14H16Br2N2S. The molecule has 1 N–H and O–H groups in total. The summed E-state index contributed by atoms with van der Waals surface area (Å²) in [4.78, 5) is 4.91. The van der Waals surface area contributed by atoms with Crippen LogP contribution in [0.1, 0.15) is 25.7 Å². The lowest BCUT2D eigenvalue weighted by atomic mass is 9.86. The van der Waals surface area contributed by atoms with Crippen LogP contribution in [0, 0.1) is 5.92 Å². The molecule has 2 aliphatic rings. The van der Waals surface area contributed by atoms with Crippen molar-refractivity contribution >= 4 is 54.5 Å². The summed E-state index contributed by atoms with van der Waals surface area (Å²) < 4.78 is 2.13. The van der Waals surface area contributed by atoms with E-state index in [2.05, 4.69) is 37.2 Å². The predicted octanol–water partition coefficient (Wildman–Crippen LogP) is 5.29. The van der Waals surface area contributed by atoms with Gasteiger partial charge < -0.3 is 5.32 Å². The molecule has 1 heterocycles. The molecule has 1 aromatic carbocycles. The minimum Gasteiger partial charge on any atom is -0.333 e. The molecule has 2 nitrogen and oxygen atoms in total. The molecule has 5 heteroatoms. The van der Waals surface area contributed by atoms with E-state index in [1.807, 2.05) is 30.0 Å². The third-order valence-electron chi connectivity index (χ3n) is 3.78. The van der Waals surface area contributed by atoms with Crippen LogP contribution in [-0.2, 0) is 0 Å². The van der Waals surface area contributed by atoms with Crippen molar-refractivity contribution in [3.8, 4) is 0 Å². The van der Waals surface area contributed by atoms with E-state index in [-0.39, 0.29) is 0 Å². The quantitative estimate of drug-likeness (QED) is 0.689. The highest BCUT2D eigenvalue weighted by Crippen LogP contribution is 2.36. The fourth-order valence-electron chi connectivity index (χ4n) is 2.72. The molecule has 0 spiro atoms. The molecule has 2 unspecified atom stereocenters. The molecule has 0 bridgehead atoms. The van der Waals surface area contributed by atoms with Gasteiger partial charge in [-0.15, -0.1) is 0 Å². The maximum absolute atomic E-state index is 4.91. The molecule has 1 aliphatic carbocycles. The molecule has 0 saturated heterocycles. The first-order chi connectivity index (χ1) is 9.24. The second-order valence-electron chi connectivity index (χ2n) is 5.08. The Morgan fingerprint density at radius 1 is 1.16 bits per heavy atom. The highest BCUT2D eigenvalue weighted by molar-refractivity contribution is 9.11. The second-order valence-corrected chi connectivity index (χ2v) is 7.80. The molecule has 3 rings (SSSR count). The van der Waals surface area contributed by atoms with Crippen molar-refractivity contribution < 1.29 is 0 Å². The Morgan fingerprint density at radius 3 is 2.68 bits per heavy atom. The maximum atomic E-state index is 4.91. The number of para-hydroxylation sites is 1. The van der Waals surface area contributed by atoms with Gasteiger partial charge >= 0.3 is 0 Å². The largest absolute Gasteiger partial charge is 0.333 e. The van der Waals surface area contributed by atoms with Crippen LogP contribution in [0.15, 0.2) is 32.1 Å². The molecule has 1 aliphatic heterocycles. The van der Waals surface area contributed by atoms with Crippen LogP contribution >= 0.6 is 43.6 Å². The van der Waals surface area contributed by atoms with Gasteiger partial charge in [-0.3, -0.25) is 4.99 Å². The van der Waals surface area contributed by atoms with E-state index in [0.717, 1.165) is 25.7 Å². The maximum Gasteiger partial charge on any atom is 0.161 e. The van der Waals surface area contributed by atoms with E-state index in [4.69, 9.17) is 4.99 Å². The summed E-state index contributed by atoms with van der Waals surface area (Å²) in [5.41, 5.74) is 1.07. The summed E-state index contributed by atoms with van der Waals surface area (Å²) in [5, 5.41) is 4.54. The predicted molar refractivity (Wildman–Crippen MR) is 91.1 cm³/mol. The number of rotatable bonds is 1. The third-order valence-corrected chi connectivity index (χ3v) is 6.18. The number of nitrogens with zero attached hydrogens (tertiary/aromatic N) is 1. The van der Waals surface area contributed by atoms with E-state index in [1.54, 1.807) is 0 Å². The molecule has 1 fully saturated rings. The third kappa shape index (κ3) is 3.19. The number of fused-ring (bicyclic) bond motifs is 1. The first-order valence-electron chi connectivity index (χ1n) is 6.65. The lowest BCUT2D eigenvalue weighted by Crippen LogP contribution is -2.31. The van der Waals surface area contributed by atoms with Crippen molar-refractivity contribution in [3.05, 3.63) is 27.1 Å². The Labute approximate surface area is 135 Å². The number of nitrogens with one attached hydrogen (secondary N) is 1. The summed E-state index contributed by atoms with van der Waals surface area (Å²) in [5.74, 6) is 2.01. The van der Waals surface area contributed by atoms with E-state index in [9.17, 15) is 0 Å². The van der Waals surface area contributed by atoms with E-state index >= 15 is 0 Å². The summed E-state index contributed by atoms with van der Waals surface area (Å²) in [6.45, 7) is 0. The van der Waals surface area contributed by atoms with Gasteiger partial charge in [0.1, 0.15) is 0 Å². The first kappa shape index (κ1) is 14.0. The van der Waals surface area contributed by atoms with Gasteiger partial charge in [0, 0.05) is 14.7 Å². The van der Waals surface area contributed by atoms with Gasteiger partial charge in [-0.05, 0) is 62.8 Å². The van der Waals surface area contributed by atoms with Gasteiger partial charge in [0.05, 0.1) is 11.7 Å². The number of anilines is 1. The second kappa shape index (κ2) is 6.19. The van der Waals surface area contributed by atoms with Crippen LogP contribution < -0.4 is 5.32 Å². The number of benzene rings is 1. The van der Waals surface area contributed by atoms with Crippen LogP contribution in [0.4, 0.5) is 5.69 Å². The van der Waals surface area contributed by atoms with Gasteiger partial charge in [0.25, 0.3) is 0 Å². The van der Waals surface area contributed by atoms with Crippen LogP contribution in [0.5, 0.6) is 0 Å². The molecule has 0 aromatic heterocycles. The minimum absolute atomic E-state index is 0.541. The van der Waals surface area contributed by atoms with Crippen molar-refractivity contribution in [2.24, 2.45) is 10.9 Å². The fourth-order valence-corrected chi connectivity index (χ4v) is 5.06. The lowest BCUT2D eigenvalue weighted by Gasteiger charge is -2.33. The zero-order chi connectivity index (χ0) is 13.2. The molecule has 2 atom stereocenters. The number of thioether (sulfide) groups is 1. The summed E-state index contributed by atoms with van der Waals surface area (Å²) in [7, 11) is 0. The minimum atomic E-state index is 0.541. The van der Waals surface area contributed by atoms with Crippen molar-refractivity contribution in [1.82, 2.24) is 0 Å². The number of aliphatic imine (C=N–C) groups is 1. The van der Waals surface area contributed by atoms with Crippen LogP contribution in [0.2, 0.25) is 0 Å². The van der Waals surface area contributed by atoms with Gasteiger partial charge in [0.2, 0.25) is 0 Å². The molecular weight excluding hydrogens is 388 g/mol. The highest BCUT2D eigenvalue weighted by Gasteiger charge is 2.29. The Bertz CT molecular complexity index is 484. The molecule has 0 radical (unpaired) electrons. The summed E-state index contributed by atoms with van der Waals surface area (Å²) in [6, 6.07) is 6.65. The van der Waals surface area contributed by atoms with Crippen LogP contribution in [0.3, 0.4) is 0 Å². The molecule has 1 aromatic rings. The Balaban J connectivity index is 1.78. The van der Waals surface area contributed by atoms with Gasteiger partial charge in [-0.25, -0.2) is 0 Å². The monoisotopic (exact) mass is 402 g/mol. The normalized spacial score (nSPS) is 26.5. The van der Waals surface area contributed by atoms with Crippen molar-refractivity contribution in [2.75, 3.05) is 11.1 Å². The molecule has 1 saturated carbocycles.